The highest BCUT2D eigenvalue weighted by molar-refractivity contribution is 7.92. The smallest absolute Gasteiger partial charge is 0.267 e. The maximum absolute atomic E-state index is 15.1. The maximum atomic E-state index is 15.1. The number of hydrogen-bond donors (Lipinski definition) is 2. The Morgan fingerprint density at radius 1 is 1.26 bits per heavy atom. The average Bonchev–Trinajstić information content (AvgIpc) is 3.11. The van der Waals surface area contributed by atoms with Crippen molar-refractivity contribution in [3.63, 3.8) is 0 Å². The third-order valence-electron chi connectivity index (χ3n) is 4.87. The number of rotatable bonds is 6. The Morgan fingerprint density at radius 2 is 1.97 bits per heavy atom. The summed E-state index contributed by atoms with van der Waals surface area (Å²) in [6.07, 6.45) is 0.880. The fourth-order valence-corrected chi connectivity index (χ4v) is 5.33. The number of benzene rings is 1. The standard InChI is InChI=1S/C20H24Cl2F2N4O2S/c1-20(2,3)25-10-12-7-8-28(11-12)14-9-13(21)19(18(24)17(14)22)31(29,30)27-16-6-4-5-15(23)26-16/h4-6,9,12,25H,7-8,10-11H2,1-3H3,(H,26,27). The molecule has 1 aromatic carbocycles. The molecule has 3 rings (SSSR count). The Bertz CT molecular complexity index is 1080. The van der Waals surface area contributed by atoms with Crippen LogP contribution in [0.2, 0.25) is 10.0 Å². The van der Waals surface area contributed by atoms with Gasteiger partial charge in [0.1, 0.15) is 15.7 Å². The Morgan fingerprint density at radius 3 is 2.61 bits per heavy atom. The van der Waals surface area contributed by atoms with Crippen LogP contribution in [0.15, 0.2) is 29.2 Å². The summed E-state index contributed by atoms with van der Waals surface area (Å²) >= 11 is 12.4. The van der Waals surface area contributed by atoms with E-state index in [1.807, 2.05) is 9.62 Å². The molecule has 31 heavy (non-hydrogen) atoms. The predicted molar refractivity (Wildman–Crippen MR) is 119 cm³/mol. The fraction of sp³-hybridized carbons (Fsp3) is 0.450. The van der Waals surface area contributed by atoms with E-state index in [-0.39, 0.29) is 21.4 Å². The van der Waals surface area contributed by atoms with Gasteiger partial charge in [-0.3, -0.25) is 4.72 Å². The second-order valence-corrected chi connectivity index (χ2v) is 10.9. The lowest BCUT2D eigenvalue weighted by Gasteiger charge is -2.24. The average molecular weight is 493 g/mol. The SMILES string of the molecule is CC(C)(C)NCC1CCN(c2cc(Cl)c(S(=O)(=O)Nc3cccc(F)n3)c(F)c2Cl)C1. The summed E-state index contributed by atoms with van der Waals surface area (Å²) in [5, 5.41) is 2.80. The summed E-state index contributed by atoms with van der Waals surface area (Å²) in [6, 6.07) is 4.91. The summed E-state index contributed by atoms with van der Waals surface area (Å²) < 4.78 is 55.8. The van der Waals surface area contributed by atoms with E-state index in [1.54, 1.807) is 0 Å². The van der Waals surface area contributed by atoms with Gasteiger partial charge in [-0.25, -0.2) is 17.8 Å². The molecular weight excluding hydrogens is 469 g/mol. The largest absolute Gasteiger partial charge is 0.370 e. The predicted octanol–water partition coefficient (Wildman–Crippen LogP) is 4.68. The molecule has 2 heterocycles. The first-order valence-corrected chi connectivity index (χ1v) is 11.9. The van der Waals surface area contributed by atoms with Crippen LogP contribution in [0.3, 0.4) is 0 Å². The van der Waals surface area contributed by atoms with E-state index in [0.29, 0.717) is 24.7 Å². The first-order chi connectivity index (χ1) is 14.4. The molecule has 1 saturated heterocycles. The summed E-state index contributed by atoms with van der Waals surface area (Å²) in [7, 11) is -4.49. The van der Waals surface area contributed by atoms with Gasteiger partial charge in [0.15, 0.2) is 5.82 Å². The van der Waals surface area contributed by atoms with E-state index in [9.17, 15) is 12.8 Å². The van der Waals surface area contributed by atoms with Gasteiger partial charge in [-0.05, 0) is 51.3 Å². The number of pyridine rings is 1. The van der Waals surface area contributed by atoms with E-state index < -0.39 is 26.7 Å². The van der Waals surface area contributed by atoms with Crippen molar-refractivity contribution < 1.29 is 17.2 Å². The van der Waals surface area contributed by atoms with Crippen LogP contribution in [0.4, 0.5) is 20.3 Å². The molecule has 1 fully saturated rings. The number of sulfonamides is 1. The fourth-order valence-electron chi connectivity index (χ4n) is 3.36. The number of hydrogen-bond acceptors (Lipinski definition) is 5. The highest BCUT2D eigenvalue weighted by atomic mass is 35.5. The molecule has 0 aliphatic carbocycles. The van der Waals surface area contributed by atoms with Crippen LogP contribution in [0.5, 0.6) is 0 Å². The maximum Gasteiger partial charge on any atom is 0.267 e. The molecule has 1 unspecified atom stereocenters. The van der Waals surface area contributed by atoms with Gasteiger partial charge in [-0.1, -0.05) is 29.3 Å². The van der Waals surface area contributed by atoms with Crippen molar-refractivity contribution in [1.29, 1.82) is 0 Å². The highest BCUT2D eigenvalue weighted by Gasteiger charge is 2.31. The van der Waals surface area contributed by atoms with E-state index in [1.165, 1.54) is 18.2 Å². The van der Waals surface area contributed by atoms with E-state index in [0.717, 1.165) is 19.0 Å². The molecule has 0 bridgehead atoms. The molecule has 1 aliphatic rings. The van der Waals surface area contributed by atoms with Crippen molar-refractivity contribution in [1.82, 2.24) is 10.3 Å². The highest BCUT2D eigenvalue weighted by Crippen LogP contribution is 2.39. The van der Waals surface area contributed by atoms with Crippen molar-refractivity contribution >= 4 is 44.7 Å². The minimum Gasteiger partial charge on any atom is -0.370 e. The molecule has 0 radical (unpaired) electrons. The number of aromatic nitrogens is 1. The minimum absolute atomic E-state index is 0.0139. The summed E-state index contributed by atoms with van der Waals surface area (Å²) in [5.41, 5.74) is 0.324. The monoisotopic (exact) mass is 492 g/mol. The Hall–Kier alpha value is -1.68. The van der Waals surface area contributed by atoms with Crippen LogP contribution in [0.1, 0.15) is 27.2 Å². The van der Waals surface area contributed by atoms with Gasteiger partial charge in [0, 0.05) is 25.2 Å². The molecule has 11 heteroatoms. The van der Waals surface area contributed by atoms with Gasteiger partial charge in [0.2, 0.25) is 5.95 Å². The molecule has 0 saturated carbocycles. The molecule has 2 aromatic rings. The van der Waals surface area contributed by atoms with Gasteiger partial charge < -0.3 is 10.2 Å². The molecule has 0 spiro atoms. The Balaban J connectivity index is 1.84. The van der Waals surface area contributed by atoms with E-state index >= 15 is 4.39 Å². The Kier molecular flexibility index (Phi) is 7.00. The summed E-state index contributed by atoms with van der Waals surface area (Å²) in [6.45, 7) is 8.32. The van der Waals surface area contributed by atoms with Crippen LogP contribution >= 0.6 is 23.2 Å². The van der Waals surface area contributed by atoms with Crippen molar-refractivity contribution in [2.45, 2.75) is 37.6 Å². The zero-order valence-corrected chi connectivity index (χ0v) is 19.7. The van der Waals surface area contributed by atoms with Crippen LogP contribution in [-0.2, 0) is 10.0 Å². The van der Waals surface area contributed by atoms with Crippen molar-refractivity contribution in [2.24, 2.45) is 5.92 Å². The quantitative estimate of drug-likeness (QED) is 0.452. The van der Waals surface area contributed by atoms with E-state index in [2.05, 4.69) is 31.1 Å². The van der Waals surface area contributed by atoms with Gasteiger partial charge in [-0.15, -0.1) is 0 Å². The second kappa shape index (κ2) is 9.05. The van der Waals surface area contributed by atoms with Crippen molar-refractivity contribution in [2.75, 3.05) is 29.3 Å². The van der Waals surface area contributed by atoms with Crippen molar-refractivity contribution in [3.8, 4) is 0 Å². The lowest BCUT2D eigenvalue weighted by molar-refractivity contribution is 0.383. The zero-order chi connectivity index (χ0) is 23.0. The topological polar surface area (TPSA) is 74.3 Å². The second-order valence-electron chi connectivity index (χ2n) is 8.52. The van der Waals surface area contributed by atoms with Crippen LogP contribution in [-0.4, -0.2) is 38.6 Å². The normalized spacial score (nSPS) is 17.3. The molecule has 2 N–H and O–H groups in total. The summed E-state index contributed by atoms with van der Waals surface area (Å²) in [4.78, 5) is 4.51. The third-order valence-corrected chi connectivity index (χ3v) is 7.05. The van der Waals surface area contributed by atoms with Gasteiger partial charge in [0.25, 0.3) is 10.0 Å². The first-order valence-electron chi connectivity index (χ1n) is 9.70. The van der Waals surface area contributed by atoms with Crippen LogP contribution in [0, 0.1) is 17.7 Å². The molecule has 0 amide bonds. The Labute approximate surface area is 191 Å². The molecule has 1 aromatic heterocycles. The number of halogens is 4. The lowest BCUT2D eigenvalue weighted by atomic mass is 10.1. The van der Waals surface area contributed by atoms with Crippen molar-refractivity contribution in [3.05, 3.63) is 46.1 Å². The number of nitrogens with zero attached hydrogens (tertiary/aromatic N) is 2. The molecule has 1 aliphatic heterocycles. The minimum atomic E-state index is -4.49. The van der Waals surface area contributed by atoms with Gasteiger partial charge in [0.05, 0.1) is 10.7 Å². The van der Waals surface area contributed by atoms with Gasteiger partial charge >= 0.3 is 0 Å². The molecule has 170 valence electrons. The molecule has 6 nitrogen and oxygen atoms in total. The van der Waals surface area contributed by atoms with E-state index in [4.69, 9.17) is 23.2 Å². The van der Waals surface area contributed by atoms with Gasteiger partial charge in [-0.2, -0.15) is 4.39 Å². The summed E-state index contributed by atoms with van der Waals surface area (Å²) in [5.74, 6) is -2.01. The first kappa shape index (κ1) is 24.0. The molecular formula is C20H24Cl2F2N4O2S. The zero-order valence-electron chi connectivity index (χ0n) is 17.3. The van der Waals surface area contributed by atoms with Crippen LogP contribution in [0.25, 0.3) is 0 Å². The number of anilines is 2. The third kappa shape index (κ3) is 5.77. The van der Waals surface area contributed by atoms with Crippen LogP contribution < -0.4 is 14.9 Å². The lowest BCUT2D eigenvalue weighted by Crippen LogP contribution is -2.39. The molecule has 1 atom stereocenters. The number of nitrogens with one attached hydrogen (secondary N) is 2.